The number of likely N-dealkylation sites (tertiary alicyclic amines) is 1. The van der Waals surface area contributed by atoms with Gasteiger partial charge in [-0.05, 0) is 20.0 Å². The SMILES string of the molecule is CN1CCC(N=C(N)N)C1. The van der Waals surface area contributed by atoms with Gasteiger partial charge in [0.05, 0.1) is 6.04 Å². The third-order valence-corrected chi connectivity index (χ3v) is 1.70. The maximum Gasteiger partial charge on any atom is 0.186 e. The maximum atomic E-state index is 5.23. The number of likely N-dealkylation sites (N-methyl/N-ethyl adjacent to an activating group) is 1. The van der Waals surface area contributed by atoms with Gasteiger partial charge in [0.15, 0.2) is 5.96 Å². The lowest BCUT2D eigenvalue weighted by Gasteiger charge is -2.05. The Bertz CT molecular complexity index is 139. The highest BCUT2D eigenvalue weighted by molar-refractivity contribution is 5.75. The molecule has 58 valence electrons. The summed E-state index contributed by atoms with van der Waals surface area (Å²) < 4.78 is 0. The third-order valence-electron chi connectivity index (χ3n) is 1.70. The summed E-state index contributed by atoms with van der Waals surface area (Å²) >= 11 is 0. The molecule has 0 radical (unpaired) electrons. The Balaban J connectivity index is 2.38. The number of hydrogen-bond donors (Lipinski definition) is 2. The summed E-state index contributed by atoms with van der Waals surface area (Å²) in [6, 6.07) is 0.329. The van der Waals surface area contributed by atoms with Gasteiger partial charge in [0.25, 0.3) is 0 Å². The number of rotatable bonds is 1. The van der Waals surface area contributed by atoms with Crippen molar-refractivity contribution >= 4 is 5.96 Å². The van der Waals surface area contributed by atoms with Crippen LogP contribution in [0.4, 0.5) is 0 Å². The minimum Gasteiger partial charge on any atom is -0.370 e. The zero-order valence-corrected chi connectivity index (χ0v) is 6.25. The van der Waals surface area contributed by atoms with E-state index in [9.17, 15) is 0 Å². The van der Waals surface area contributed by atoms with Crippen LogP contribution in [-0.4, -0.2) is 37.0 Å². The van der Waals surface area contributed by atoms with Gasteiger partial charge in [0.2, 0.25) is 0 Å². The molecule has 1 aliphatic rings. The normalized spacial score (nSPS) is 26.7. The van der Waals surface area contributed by atoms with Crippen LogP contribution in [0.3, 0.4) is 0 Å². The lowest BCUT2D eigenvalue weighted by Crippen LogP contribution is -2.26. The number of aliphatic imine (C=N–C) groups is 1. The quantitative estimate of drug-likeness (QED) is 0.363. The van der Waals surface area contributed by atoms with Crippen LogP contribution in [0.5, 0.6) is 0 Å². The lowest BCUT2D eigenvalue weighted by molar-refractivity contribution is 0.411. The van der Waals surface area contributed by atoms with E-state index in [4.69, 9.17) is 11.5 Å². The molecule has 0 bridgehead atoms. The molecule has 1 atom stereocenters. The summed E-state index contributed by atoms with van der Waals surface area (Å²) in [5, 5.41) is 0. The van der Waals surface area contributed by atoms with Gasteiger partial charge >= 0.3 is 0 Å². The Hall–Kier alpha value is -0.770. The smallest absolute Gasteiger partial charge is 0.186 e. The standard InChI is InChI=1S/C6H14N4/c1-10-3-2-5(4-10)9-6(7)8/h5H,2-4H2,1H3,(H4,7,8,9). The van der Waals surface area contributed by atoms with E-state index >= 15 is 0 Å². The van der Waals surface area contributed by atoms with Crippen molar-refractivity contribution in [2.45, 2.75) is 12.5 Å². The molecule has 0 aromatic carbocycles. The van der Waals surface area contributed by atoms with Crippen molar-refractivity contribution in [2.75, 3.05) is 20.1 Å². The van der Waals surface area contributed by atoms with Crippen molar-refractivity contribution < 1.29 is 0 Å². The van der Waals surface area contributed by atoms with Gasteiger partial charge in [-0.15, -0.1) is 0 Å². The minimum absolute atomic E-state index is 0.209. The van der Waals surface area contributed by atoms with Crippen LogP contribution in [0.2, 0.25) is 0 Å². The average Bonchev–Trinajstić information content (AvgIpc) is 2.13. The van der Waals surface area contributed by atoms with Crippen LogP contribution in [0, 0.1) is 0 Å². The molecular formula is C6H14N4. The Morgan fingerprint density at radius 1 is 1.60 bits per heavy atom. The summed E-state index contributed by atoms with van der Waals surface area (Å²) in [7, 11) is 2.07. The molecule has 0 aliphatic carbocycles. The van der Waals surface area contributed by atoms with Gasteiger partial charge in [-0.25, -0.2) is 4.99 Å². The van der Waals surface area contributed by atoms with E-state index in [0.717, 1.165) is 19.5 Å². The van der Waals surface area contributed by atoms with E-state index in [1.54, 1.807) is 0 Å². The van der Waals surface area contributed by atoms with Crippen molar-refractivity contribution in [2.24, 2.45) is 16.5 Å². The fourth-order valence-corrected chi connectivity index (χ4v) is 1.23. The van der Waals surface area contributed by atoms with Gasteiger partial charge in [0.1, 0.15) is 0 Å². The van der Waals surface area contributed by atoms with Crippen LogP contribution in [0.25, 0.3) is 0 Å². The Morgan fingerprint density at radius 3 is 2.70 bits per heavy atom. The summed E-state index contributed by atoms with van der Waals surface area (Å²) in [6.45, 7) is 2.08. The molecule has 0 saturated carbocycles. The Kier molecular flexibility index (Phi) is 2.11. The molecule has 0 aromatic heterocycles. The first-order valence-electron chi connectivity index (χ1n) is 3.46. The molecule has 0 spiro atoms. The fourth-order valence-electron chi connectivity index (χ4n) is 1.23. The summed E-state index contributed by atoms with van der Waals surface area (Å²) in [4.78, 5) is 6.28. The van der Waals surface area contributed by atoms with Crippen LogP contribution >= 0.6 is 0 Å². The van der Waals surface area contributed by atoms with E-state index in [2.05, 4.69) is 16.9 Å². The van der Waals surface area contributed by atoms with Crippen LogP contribution in [0.15, 0.2) is 4.99 Å². The van der Waals surface area contributed by atoms with Crippen LogP contribution in [0.1, 0.15) is 6.42 Å². The second-order valence-corrected chi connectivity index (χ2v) is 2.76. The highest BCUT2D eigenvalue weighted by Gasteiger charge is 2.17. The van der Waals surface area contributed by atoms with Gasteiger partial charge in [-0.3, -0.25) is 0 Å². The Morgan fingerprint density at radius 2 is 2.30 bits per heavy atom. The van der Waals surface area contributed by atoms with Gasteiger partial charge in [0, 0.05) is 6.54 Å². The average molecular weight is 142 g/mol. The molecule has 1 heterocycles. The topological polar surface area (TPSA) is 67.6 Å². The van der Waals surface area contributed by atoms with Crippen molar-refractivity contribution in [3.05, 3.63) is 0 Å². The minimum atomic E-state index is 0.209. The number of guanidine groups is 1. The lowest BCUT2D eigenvalue weighted by atomic mass is 10.3. The van der Waals surface area contributed by atoms with Crippen LogP contribution < -0.4 is 11.5 Å². The fraction of sp³-hybridized carbons (Fsp3) is 0.833. The van der Waals surface area contributed by atoms with Gasteiger partial charge in [-0.1, -0.05) is 0 Å². The second-order valence-electron chi connectivity index (χ2n) is 2.76. The van der Waals surface area contributed by atoms with E-state index in [1.165, 1.54) is 0 Å². The molecule has 1 unspecified atom stereocenters. The predicted octanol–water partition coefficient (Wildman–Crippen LogP) is -1.04. The first-order chi connectivity index (χ1) is 4.68. The molecular weight excluding hydrogens is 128 g/mol. The molecule has 1 saturated heterocycles. The zero-order chi connectivity index (χ0) is 7.56. The molecule has 0 aromatic rings. The van der Waals surface area contributed by atoms with E-state index in [1.807, 2.05) is 0 Å². The molecule has 4 N–H and O–H groups in total. The third kappa shape index (κ3) is 1.88. The molecule has 4 nitrogen and oxygen atoms in total. The second kappa shape index (κ2) is 2.88. The monoisotopic (exact) mass is 142 g/mol. The van der Waals surface area contributed by atoms with Crippen molar-refractivity contribution in [1.82, 2.24) is 4.90 Å². The number of hydrogen-bond acceptors (Lipinski definition) is 2. The molecule has 1 fully saturated rings. The zero-order valence-electron chi connectivity index (χ0n) is 6.25. The number of nitrogens with two attached hydrogens (primary N) is 2. The van der Waals surface area contributed by atoms with Gasteiger partial charge < -0.3 is 16.4 Å². The largest absolute Gasteiger partial charge is 0.370 e. The van der Waals surface area contributed by atoms with Crippen LogP contribution in [-0.2, 0) is 0 Å². The van der Waals surface area contributed by atoms with E-state index < -0.39 is 0 Å². The molecule has 1 rings (SSSR count). The van der Waals surface area contributed by atoms with E-state index in [0.29, 0.717) is 6.04 Å². The molecule has 10 heavy (non-hydrogen) atoms. The Labute approximate surface area is 60.9 Å². The molecule has 1 aliphatic heterocycles. The van der Waals surface area contributed by atoms with Crippen molar-refractivity contribution in [3.63, 3.8) is 0 Å². The van der Waals surface area contributed by atoms with Crippen molar-refractivity contribution in [3.8, 4) is 0 Å². The molecule has 4 heteroatoms. The van der Waals surface area contributed by atoms with Crippen molar-refractivity contribution in [1.29, 1.82) is 0 Å². The first-order valence-corrected chi connectivity index (χ1v) is 3.46. The highest BCUT2D eigenvalue weighted by atomic mass is 15.2. The maximum absolute atomic E-state index is 5.23. The van der Waals surface area contributed by atoms with E-state index in [-0.39, 0.29) is 5.96 Å². The summed E-state index contributed by atoms with van der Waals surface area (Å²) in [6.07, 6.45) is 1.08. The summed E-state index contributed by atoms with van der Waals surface area (Å²) in [5.41, 5.74) is 10.5. The summed E-state index contributed by atoms with van der Waals surface area (Å²) in [5.74, 6) is 0.209. The van der Waals surface area contributed by atoms with Gasteiger partial charge in [-0.2, -0.15) is 0 Å². The number of nitrogens with zero attached hydrogens (tertiary/aromatic N) is 2. The highest BCUT2D eigenvalue weighted by Crippen LogP contribution is 2.08. The predicted molar refractivity (Wildman–Crippen MR) is 41.7 cm³/mol. The first kappa shape index (κ1) is 7.34. The molecule has 0 amide bonds.